The maximum atomic E-state index is 11.5. The third-order valence-corrected chi connectivity index (χ3v) is 2.86. The second kappa shape index (κ2) is 7.88. The lowest BCUT2D eigenvalue weighted by molar-refractivity contribution is -0.137. The molecule has 7 heteroatoms. The van der Waals surface area contributed by atoms with Crippen LogP contribution < -0.4 is 10.6 Å². The van der Waals surface area contributed by atoms with E-state index < -0.39 is 5.97 Å². The van der Waals surface area contributed by atoms with Crippen molar-refractivity contribution in [2.24, 2.45) is 0 Å². The average Bonchev–Trinajstić information content (AvgIpc) is 2.34. The number of carbonyl (C=O) groups excluding carboxylic acids is 1. The van der Waals surface area contributed by atoms with Crippen LogP contribution in [0, 0.1) is 0 Å². The number of carboxylic acid groups (broad SMARTS) is 1. The fourth-order valence-corrected chi connectivity index (χ4v) is 1.84. The highest BCUT2D eigenvalue weighted by molar-refractivity contribution is 5.79. The van der Waals surface area contributed by atoms with Crippen LogP contribution in [0.5, 0.6) is 0 Å². The minimum atomic E-state index is -1.01. The minimum Gasteiger partial charge on any atom is -0.480 e. The number of aliphatic carboxylic acids is 1. The van der Waals surface area contributed by atoms with Gasteiger partial charge in [-0.2, -0.15) is 0 Å². The van der Waals surface area contributed by atoms with Crippen molar-refractivity contribution in [1.29, 1.82) is 0 Å². The molecule has 2 amide bonds. The highest BCUT2D eigenvalue weighted by atomic mass is 16.4. The molecule has 1 heterocycles. The fraction of sp³-hybridized carbons (Fsp3) is 0.818. The molecule has 0 bridgehead atoms. The Kier molecular flexibility index (Phi) is 6.45. The number of likely N-dealkylation sites (N-methyl/N-ethyl adjacent to an activating group) is 1. The molecular weight excluding hydrogens is 236 g/mol. The summed E-state index contributed by atoms with van der Waals surface area (Å²) >= 11 is 0. The van der Waals surface area contributed by atoms with Crippen molar-refractivity contribution in [1.82, 2.24) is 20.4 Å². The smallest absolute Gasteiger partial charge is 0.323 e. The van der Waals surface area contributed by atoms with Crippen LogP contribution in [0.1, 0.15) is 6.42 Å². The molecule has 0 saturated carbocycles. The molecule has 0 unspecified atom stereocenters. The molecule has 7 nitrogen and oxygen atoms in total. The van der Waals surface area contributed by atoms with E-state index in [0.717, 1.165) is 44.0 Å². The molecule has 104 valence electrons. The number of carboxylic acids is 1. The Morgan fingerprint density at radius 3 is 2.67 bits per heavy atom. The second-order valence-corrected chi connectivity index (χ2v) is 4.43. The summed E-state index contributed by atoms with van der Waals surface area (Å²) in [4.78, 5) is 25.4. The van der Waals surface area contributed by atoms with E-state index in [9.17, 15) is 9.59 Å². The molecule has 18 heavy (non-hydrogen) atoms. The van der Waals surface area contributed by atoms with Crippen molar-refractivity contribution in [3.8, 4) is 0 Å². The molecular formula is C11H22N4O3. The van der Waals surface area contributed by atoms with Crippen molar-refractivity contribution in [2.45, 2.75) is 6.42 Å². The summed E-state index contributed by atoms with van der Waals surface area (Å²) in [7, 11) is 1.47. The molecule has 1 aliphatic heterocycles. The number of hydrogen-bond donors (Lipinski definition) is 3. The van der Waals surface area contributed by atoms with Gasteiger partial charge in [-0.15, -0.1) is 0 Å². The number of carbonyl (C=O) groups is 2. The quantitative estimate of drug-likeness (QED) is 0.533. The SMILES string of the molecule is CN(CC(=O)O)C(=O)NCCCN1CCNCC1. The minimum absolute atomic E-state index is 0.274. The van der Waals surface area contributed by atoms with E-state index in [-0.39, 0.29) is 12.6 Å². The van der Waals surface area contributed by atoms with E-state index in [2.05, 4.69) is 15.5 Å². The Hall–Kier alpha value is -1.34. The van der Waals surface area contributed by atoms with E-state index in [1.54, 1.807) is 0 Å². The van der Waals surface area contributed by atoms with Crippen LogP contribution in [0.15, 0.2) is 0 Å². The van der Waals surface area contributed by atoms with Crippen molar-refractivity contribution in [3.63, 3.8) is 0 Å². The summed E-state index contributed by atoms with van der Waals surface area (Å²) in [6, 6.07) is -0.335. The lowest BCUT2D eigenvalue weighted by Crippen LogP contribution is -2.45. The number of amides is 2. The third kappa shape index (κ3) is 5.83. The second-order valence-electron chi connectivity index (χ2n) is 4.43. The lowest BCUT2D eigenvalue weighted by atomic mass is 10.3. The van der Waals surface area contributed by atoms with Crippen LogP contribution in [-0.4, -0.2) is 79.8 Å². The van der Waals surface area contributed by atoms with E-state index in [1.165, 1.54) is 7.05 Å². The Labute approximate surface area is 107 Å². The van der Waals surface area contributed by atoms with Gasteiger partial charge in [-0.05, 0) is 13.0 Å². The van der Waals surface area contributed by atoms with Gasteiger partial charge in [0.15, 0.2) is 0 Å². The summed E-state index contributed by atoms with van der Waals surface area (Å²) < 4.78 is 0. The molecule has 0 atom stereocenters. The van der Waals surface area contributed by atoms with Crippen molar-refractivity contribution in [2.75, 3.05) is 52.9 Å². The number of nitrogens with one attached hydrogen (secondary N) is 2. The van der Waals surface area contributed by atoms with E-state index >= 15 is 0 Å². The normalized spacial score (nSPS) is 16.3. The monoisotopic (exact) mass is 258 g/mol. The Morgan fingerprint density at radius 1 is 1.39 bits per heavy atom. The molecule has 0 aromatic heterocycles. The van der Waals surface area contributed by atoms with E-state index in [0.29, 0.717) is 6.54 Å². The maximum Gasteiger partial charge on any atom is 0.323 e. The van der Waals surface area contributed by atoms with Crippen LogP contribution in [0.2, 0.25) is 0 Å². The third-order valence-electron chi connectivity index (χ3n) is 2.86. The van der Waals surface area contributed by atoms with Gasteiger partial charge >= 0.3 is 12.0 Å². The van der Waals surface area contributed by atoms with Crippen LogP contribution in [0.4, 0.5) is 4.79 Å². The molecule has 0 aromatic rings. The number of nitrogens with zero attached hydrogens (tertiary/aromatic N) is 2. The zero-order chi connectivity index (χ0) is 13.4. The first-order chi connectivity index (χ1) is 8.59. The average molecular weight is 258 g/mol. The predicted molar refractivity (Wildman–Crippen MR) is 67.6 cm³/mol. The molecule has 0 radical (unpaired) electrons. The van der Waals surface area contributed by atoms with Gasteiger partial charge in [0.05, 0.1) is 0 Å². The number of rotatable bonds is 6. The first kappa shape index (κ1) is 14.7. The first-order valence-electron chi connectivity index (χ1n) is 6.23. The molecule has 0 aromatic carbocycles. The van der Waals surface area contributed by atoms with Crippen LogP contribution in [0.3, 0.4) is 0 Å². The van der Waals surface area contributed by atoms with Gasteiger partial charge in [0.25, 0.3) is 0 Å². The number of hydrogen-bond acceptors (Lipinski definition) is 4. The molecule has 1 saturated heterocycles. The molecule has 1 fully saturated rings. The van der Waals surface area contributed by atoms with Crippen LogP contribution in [-0.2, 0) is 4.79 Å². The van der Waals surface area contributed by atoms with Gasteiger partial charge in [0.1, 0.15) is 6.54 Å². The Bertz CT molecular complexity index is 279. The van der Waals surface area contributed by atoms with E-state index in [4.69, 9.17) is 5.11 Å². The highest BCUT2D eigenvalue weighted by Crippen LogP contribution is 1.94. The summed E-state index contributed by atoms with van der Waals surface area (Å²) in [5, 5.41) is 14.5. The topological polar surface area (TPSA) is 84.9 Å². The number of piperazine rings is 1. The van der Waals surface area contributed by atoms with Crippen LogP contribution >= 0.6 is 0 Å². The van der Waals surface area contributed by atoms with Crippen molar-refractivity contribution >= 4 is 12.0 Å². The van der Waals surface area contributed by atoms with Gasteiger partial charge in [0.2, 0.25) is 0 Å². The van der Waals surface area contributed by atoms with Crippen LogP contribution in [0.25, 0.3) is 0 Å². The summed E-state index contributed by atoms with van der Waals surface area (Å²) in [6.45, 7) is 5.40. The maximum absolute atomic E-state index is 11.5. The van der Waals surface area contributed by atoms with Crippen molar-refractivity contribution < 1.29 is 14.7 Å². The molecule has 1 aliphatic rings. The summed E-state index contributed by atoms with van der Waals surface area (Å²) in [5.74, 6) is -1.01. The zero-order valence-corrected chi connectivity index (χ0v) is 10.8. The van der Waals surface area contributed by atoms with Gasteiger partial charge in [-0.1, -0.05) is 0 Å². The van der Waals surface area contributed by atoms with Crippen molar-refractivity contribution in [3.05, 3.63) is 0 Å². The van der Waals surface area contributed by atoms with Gasteiger partial charge < -0.3 is 25.5 Å². The summed E-state index contributed by atoms with van der Waals surface area (Å²) in [6.07, 6.45) is 0.882. The Balaban J connectivity index is 2.05. The first-order valence-corrected chi connectivity index (χ1v) is 6.23. The highest BCUT2D eigenvalue weighted by Gasteiger charge is 2.12. The molecule has 0 spiro atoms. The zero-order valence-electron chi connectivity index (χ0n) is 10.8. The number of urea groups is 1. The molecule has 3 N–H and O–H groups in total. The molecule has 0 aliphatic carbocycles. The Morgan fingerprint density at radius 2 is 2.06 bits per heavy atom. The lowest BCUT2D eigenvalue weighted by Gasteiger charge is -2.27. The van der Waals surface area contributed by atoms with Gasteiger partial charge in [-0.25, -0.2) is 4.79 Å². The summed E-state index contributed by atoms with van der Waals surface area (Å²) in [5.41, 5.74) is 0. The largest absolute Gasteiger partial charge is 0.480 e. The fourth-order valence-electron chi connectivity index (χ4n) is 1.84. The standard InChI is InChI=1S/C11H22N4O3/c1-14(9-10(16)17)11(18)13-3-2-6-15-7-4-12-5-8-15/h12H,2-9H2,1H3,(H,13,18)(H,16,17). The molecule has 1 rings (SSSR count). The van der Waals surface area contributed by atoms with Gasteiger partial charge in [-0.3, -0.25) is 4.79 Å². The van der Waals surface area contributed by atoms with E-state index in [1.807, 2.05) is 0 Å². The predicted octanol–water partition coefficient (Wildman–Crippen LogP) is -0.992. The van der Waals surface area contributed by atoms with Gasteiger partial charge in [0, 0.05) is 39.8 Å².